The molecule has 0 amide bonds. The zero-order valence-electron chi connectivity index (χ0n) is 26.1. The van der Waals surface area contributed by atoms with E-state index < -0.39 is 11.2 Å². The molecule has 8 heteroatoms. The third-order valence-corrected chi connectivity index (χ3v) is 13.9. The van der Waals surface area contributed by atoms with Gasteiger partial charge in [0.15, 0.2) is 5.78 Å². The second kappa shape index (κ2) is 8.82. The van der Waals surface area contributed by atoms with E-state index in [1.54, 1.807) is 0 Å². The predicted molar refractivity (Wildman–Crippen MR) is 153 cm³/mol. The van der Waals surface area contributed by atoms with Crippen molar-refractivity contribution in [1.29, 1.82) is 0 Å². The van der Waals surface area contributed by atoms with Gasteiger partial charge in [0.2, 0.25) is 0 Å². The Bertz CT molecular complexity index is 1360. The average Bonchev–Trinajstić information content (AvgIpc) is 3.32. The third kappa shape index (κ3) is 3.76. The Hall–Kier alpha value is -2.38. The van der Waals surface area contributed by atoms with E-state index in [0.29, 0.717) is 0 Å². The van der Waals surface area contributed by atoms with E-state index in [1.807, 2.05) is 0 Å². The zero-order valence-corrected chi connectivity index (χ0v) is 26.1. The smallest absolute Gasteiger partial charge is 0.441 e. The summed E-state index contributed by atoms with van der Waals surface area (Å²) in [7, 11) is 1.49. The number of hydrogen-bond donors (Lipinski definition) is 1. The van der Waals surface area contributed by atoms with Crippen molar-refractivity contribution in [3.8, 4) is 6.01 Å². The zero-order chi connectivity index (χ0) is 29.8. The van der Waals surface area contributed by atoms with Crippen molar-refractivity contribution < 1.29 is 23.6 Å². The molecule has 1 heterocycles. The van der Waals surface area contributed by atoms with Gasteiger partial charge in [-0.15, -0.1) is 0 Å². The summed E-state index contributed by atoms with van der Waals surface area (Å²) in [4.78, 5) is 41.5. The lowest BCUT2D eigenvalue weighted by molar-refractivity contribution is -0.200. The Kier molecular flexibility index (Phi) is 6.18. The van der Waals surface area contributed by atoms with Crippen LogP contribution in [0.25, 0.3) is 0 Å². The van der Waals surface area contributed by atoms with Gasteiger partial charge >= 0.3 is 17.7 Å². The minimum absolute atomic E-state index is 0.0745. The van der Waals surface area contributed by atoms with Gasteiger partial charge in [-0.3, -0.25) is 14.1 Å². The van der Waals surface area contributed by atoms with Gasteiger partial charge in [-0.1, -0.05) is 47.1 Å². The lowest BCUT2D eigenvalue weighted by Gasteiger charge is -2.70. The lowest BCUT2D eigenvalue weighted by atomic mass is 9.33. The minimum Gasteiger partial charge on any atom is -0.469 e. The lowest BCUT2D eigenvalue weighted by Crippen LogP contribution is -2.67. The van der Waals surface area contributed by atoms with Crippen LogP contribution in [0, 0.1) is 50.2 Å². The van der Waals surface area contributed by atoms with E-state index in [4.69, 9.17) is 9.47 Å². The number of ether oxygens (including phenoxy) is 2. The van der Waals surface area contributed by atoms with E-state index in [-0.39, 0.29) is 68.7 Å². The first kappa shape index (κ1) is 28.7. The number of fused-ring (bicyclic) bond motifs is 7. The Morgan fingerprint density at radius 2 is 1.68 bits per heavy atom. The molecule has 4 saturated carbocycles. The largest absolute Gasteiger partial charge is 0.469 e. The summed E-state index contributed by atoms with van der Waals surface area (Å²) in [6.07, 6.45) is 10.3. The van der Waals surface area contributed by atoms with Crippen LogP contribution in [-0.2, 0) is 14.3 Å². The molecule has 0 radical (unpaired) electrons. The minimum atomic E-state index is -0.621. The van der Waals surface area contributed by atoms with Crippen molar-refractivity contribution >= 4 is 11.8 Å². The van der Waals surface area contributed by atoms with Crippen molar-refractivity contribution in [1.82, 2.24) is 10.1 Å². The quantitative estimate of drug-likeness (QED) is 0.428. The molecule has 0 unspecified atom stereocenters. The third-order valence-electron chi connectivity index (χ3n) is 13.9. The molecule has 8 nitrogen and oxygen atoms in total. The summed E-state index contributed by atoms with van der Waals surface area (Å²) in [5, 5.41) is 3.75. The molecule has 0 aliphatic heterocycles. The normalized spacial score (nSPS) is 46.7. The van der Waals surface area contributed by atoms with Crippen LogP contribution in [0.4, 0.5) is 0 Å². The highest BCUT2D eigenvalue weighted by Gasteiger charge is 2.70. The van der Waals surface area contributed by atoms with Crippen LogP contribution in [0.3, 0.4) is 0 Å². The maximum atomic E-state index is 14.5. The van der Waals surface area contributed by atoms with Gasteiger partial charge in [-0.05, 0) is 109 Å². The molecule has 0 bridgehead atoms. The van der Waals surface area contributed by atoms with Crippen LogP contribution in [0.2, 0.25) is 0 Å². The fourth-order valence-corrected chi connectivity index (χ4v) is 11.2. The maximum Gasteiger partial charge on any atom is 0.441 e. The van der Waals surface area contributed by atoms with Crippen LogP contribution in [-0.4, -0.2) is 35.1 Å². The van der Waals surface area contributed by atoms with Crippen LogP contribution in [0.1, 0.15) is 106 Å². The molecule has 9 atom stereocenters. The van der Waals surface area contributed by atoms with E-state index in [9.17, 15) is 14.4 Å². The number of hydrogen-bond acceptors (Lipinski definition) is 7. The monoisotopic (exact) mass is 568 g/mol. The van der Waals surface area contributed by atoms with Gasteiger partial charge < -0.3 is 9.47 Å². The first-order valence-electron chi connectivity index (χ1n) is 15.6. The van der Waals surface area contributed by atoms with Gasteiger partial charge in [0, 0.05) is 11.3 Å². The number of aromatic amines is 1. The molecule has 5 aliphatic rings. The number of nitrogens with zero attached hydrogens (tertiary/aromatic N) is 1. The molecule has 0 aromatic carbocycles. The van der Waals surface area contributed by atoms with Crippen LogP contribution < -0.4 is 10.5 Å². The molecule has 4 fully saturated rings. The number of rotatable bonds is 3. The fraction of sp³-hybridized carbons (Fsp3) is 0.818. The number of methoxy groups -OCH3 is 1. The Morgan fingerprint density at radius 3 is 2.34 bits per heavy atom. The highest BCUT2D eigenvalue weighted by molar-refractivity contribution is 5.95. The summed E-state index contributed by atoms with van der Waals surface area (Å²) < 4.78 is 16.1. The molecular formula is C33H48N2O6. The van der Waals surface area contributed by atoms with Crippen molar-refractivity contribution in [3.05, 3.63) is 22.2 Å². The standard InChI is InChI=1S/C33H48N2O6/c1-28(2)22-9-12-33(7)24(31(22,5)11-10-23(28)40-26-34-27(38)41-35-26)21(36)17-19-20-18-30(4,25(37)39-8)14-13-29(20,3)15-16-32(19,33)6/h17,20,22-24H,9-16,18H2,1-8H3,(H,34,35,38)/t20-,22-,23-,24+,29+,30-,31-,32+,33+/m0/s1. The van der Waals surface area contributed by atoms with E-state index in [0.717, 1.165) is 57.8 Å². The Morgan fingerprint density at radius 1 is 0.976 bits per heavy atom. The number of H-pyrrole nitrogens is 1. The van der Waals surface area contributed by atoms with Gasteiger partial charge in [0.05, 0.1) is 12.5 Å². The van der Waals surface area contributed by atoms with Crippen molar-refractivity contribution in [2.24, 2.45) is 50.2 Å². The maximum absolute atomic E-state index is 14.5. The second-order valence-electron chi connectivity index (χ2n) is 16.1. The number of carbonyl (C=O) groups is 2. The second-order valence-corrected chi connectivity index (χ2v) is 16.1. The summed E-state index contributed by atoms with van der Waals surface area (Å²) in [5.74, 6) is -0.0607. The van der Waals surface area contributed by atoms with Crippen LogP contribution in [0.15, 0.2) is 21.0 Å². The fourth-order valence-electron chi connectivity index (χ4n) is 11.2. The predicted octanol–water partition coefficient (Wildman–Crippen LogP) is 6.26. The topological polar surface area (TPSA) is 111 Å². The van der Waals surface area contributed by atoms with Gasteiger partial charge in [-0.25, -0.2) is 9.78 Å². The number of nitrogens with one attached hydrogen (secondary N) is 1. The SMILES string of the molecule is COC(=O)[C@@]1(C)CC[C@]2(C)CC[C@]3(C)C(=CC(=O)[C@@H]4[C@@]5(C)CC[C@H](Oc6noc(=O)[nH]6)C(C)(C)[C@@H]5CC[C@]43C)[C@@H]2C1. The average molecular weight is 569 g/mol. The van der Waals surface area contributed by atoms with Crippen molar-refractivity contribution in [2.75, 3.05) is 7.11 Å². The molecule has 1 aromatic heterocycles. The molecule has 0 saturated heterocycles. The first-order valence-corrected chi connectivity index (χ1v) is 15.6. The van der Waals surface area contributed by atoms with Crippen LogP contribution in [0.5, 0.6) is 6.01 Å². The summed E-state index contributed by atoms with van der Waals surface area (Å²) in [5.41, 5.74) is 0.215. The van der Waals surface area contributed by atoms with E-state index in [1.165, 1.54) is 12.7 Å². The van der Waals surface area contributed by atoms with Crippen molar-refractivity contribution in [2.45, 2.75) is 112 Å². The van der Waals surface area contributed by atoms with E-state index >= 15 is 0 Å². The van der Waals surface area contributed by atoms with Crippen molar-refractivity contribution in [3.63, 3.8) is 0 Å². The summed E-state index contributed by atoms with van der Waals surface area (Å²) >= 11 is 0. The number of carbonyl (C=O) groups excluding carboxylic acids is 2. The molecule has 226 valence electrons. The molecule has 6 rings (SSSR count). The molecule has 1 aromatic rings. The van der Waals surface area contributed by atoms with E-state index in [2.05, 4.69) is 69.2 Å². The van der Waals surface area contributed by atoms with Gasteiger partial charge in [0.1, 0.15) is 6.10 Å². The molecular weight excluding hydrogens is 520 g/mol. The number of esters is 1. The number of allylic oxidation sites excluding steroid dienone is 2. The molecule has 0 spiro atoms. The molecule has 41 heavy (non-hydrogen) atoms. The highest BCUT2D eigenvalue weighted by atomic mass is 16.6. The Balaban J connectivity index is 1.37. The van der Waals surface area contributed by atoms with Gasteiger partial charge in [0.25, 0.3) is 0 Å². The number of ketones is 1. The van der Waals surface area contributed by atoms with Crippen LogP contribution >= 0.6 is 0 Å². The van der Waals surface area contributed by atoms with Gasteiger partial charge in [-0.2, -0.15) is 0 Å². The molecule has 5 aliphatic carbocycles. The highest BCUT2D eigenvalue weighted by Crippen LogP contribution is 2.75. The summed E-state index contributed by atoms with van der Waals surface area (Å²) in [6, 6.07) is 0.128. The first-order chi connectivity index (χ1) is 19.0. The number of aromatic nitrogens is 2. The molecule has 1 N–H and O–H groups in total. The summed E-state index contributed by atoms with van der Waals surface area (Å²) in [6.45, 7) is 16.1. The Labute approximate surface area is 243 Å².